The maximum absolute atomic E-state index is 3.60. The Kier molecular flexibility index (Phi) is 4.04. The van der Waals surface area contributed by atoms with E-state index in [1.54, 1.807) is 38.5 Å². The lowest BCUT2D eigenvalue weighted by atomic mass is 9.49. The molecule has 4 bridgehead atoms. The quantitative estimate of drug-likeness (QED) is 0.831. The summed E-state index contributed by atoms with van der Waals surface area (Å²) in [6, 6.07) is 0.817. The molecule has 0 aromatic rings. The van der Waals surface area contributed by atoms with Gasteiger partial charge in [-0.1, -0.05) is 6.92 Å². The van der Waals surface area contributed by atoms with Gasteiger partial charge in [-0.15, -0.1) is 0 Å². The van der Waals surface area contributed by atoms with Crippen LogP contribution in [-0.2, 0) is 0 Å². The molecule has 5 rings (SSSR count). The van der Waals surface area contributed by atoms with E-state index in [2.05, 4.69) is 17.1 Å². The van der Waals surface area contributed by atoms with Crippen molar-refractivity contribution in [1.29, 1.82) is 0 Å². The smallest absolute Gasteiger partial charge is 0.0220 e. The molecule has 0 radical (unpaired) electrons. The predicted octanol–water partition coefficient (Wildman–Crippen LogP) is 3.67. The fraction of sp³-hybridized carbons (Fsp3) is 1.00. The zero-order chi connectivity index (χ0) is 14.3. The van der Waals surface area contributed by atoms with Crippen molar-refractivity contribution in [3.63, 3.8) is 0 Å². The number of piperidine rings is 1. The topological polar surface area (TPSA) is 15.3 Å². The van der Waals surface area contributed by atoms with Gasteiger partial charge in [0, 0.05) is 12.6 Å². The minimum Gasteiger partial charge on any atom is -0.315 e. The summed E-state index contributed by atoms with van der Waals surface area (Å²) in [4.78, 5) is 2.80. The third kappa shape index (κ3) is 2.91. The molecule has 0 aromatic heterocycles. The summed E-state index contributed by atoms with van der Waals surface area (Å²) in [5, 5.41) is 3.60. The van der Waals surface area contributed by atoms with E-state index in [9.17, 15) is 0 Å². The van der Waals surface area contributed by atoms with Crippen molar-refractivity contribution in [2.24, 2.45) is 23.2 Å². The maximum atomic E-state index is 3.60. The molecule has 4 aliphatic carbocycles. The molecule has 4 saturated carbocycles. The Labute approximate surface area is 131 Å². The highest BCUT2D eigenvalue weighted by atomic mass is 15.2. The highest BCUT2D eigenvalue weighted by Crippen LogP contribution is 2.61. The Hall–Kier alpha value is -0.0800. The molecule has 0 amide bonds. The summed E-state index contributed by atoms with van der Waals surface area (Å²) in [7, 11) is 0. The maximum Gasteiger partial charge on any atom is 0.0220 e. The van der Waals surface area contributed by atoms with Crippen molar-refractivity contribution in [3.05, 3.63) is 0 Å². The van der Waals surface area contributed by atoms with Crippen LogP contribution >= 0.6 is 0 Å². The molecular formula is C19H34N2. The Morgan fingerprint density at radius 1 is 1.05 bits per heavy atom. The second-order valence-electron chi connectivity index (χ2n) is 8.80. The van der Waals surface area contributed by atoms with E-state index in [0.717, 1.165) is 29.2 Å². The van der Waals surface area contributed by atoms with Gasteiger partial charge in [-0.05, 0) is 101 Å². The molecule has 1 aliphatic heterocycles. The van der Waals surface area contributed by atoms with E-state index < -0.39 is 0 Å². The van der Waals surface area contributed by atoms with Crippen LogP contribution in [0.25, 0.3) is 0 Å². The predicted molar refractivity (Wildman–Crippen MR) is 88.4 cm³/mol. The Morgan fingerprint density at radius 2 is 1.71 bits per heavy atom. The number of hydrogen-bond donors (Lipinski definition) is 1. The Morgan fingerprint density at radius 3 is 2.24 bits per heavy atom. The summed E-state index contributed by atoms with van der Waals surface area (Å²) in [5.41, 5.74) is 0.768. The third-order valence-electron chi connectivity index (χ3n) is 7.29. The highest BCUT2D eigenvalue weighted by molar-refractivity contribution is 5.01. The summed E-state index contributed by atoms with van der Waals surface area (Å²) in [6.07, 6.45) is 13.8. The van der Waals surface area contributed by atoms with Crippen molar-refractivity contribution < 1.29 is 0 Å². The highest BCUT2D eigenvalue weighted by Gasteiger charge is 2.50. The minimum atomic E-state index is 0.768. The van der Waals surface area contributed by atoms with Crippen molar-refractivity contribution in [3.8, 4) is 0 Å². The normalized spacial score (nSPS) is 45.4. The van der Waals surface area contributed by atoms with Crippen LogP contribution in [0, 0.1) is 23.2 Å². The molecule has 1 N–H and O–H groups in total. The molecule has 1 atom stereocenters. The van der Waals surface area contributed by atoms with E-state index in [4.69, 9.17) is 0 Å². The van der Waals surface area contributed by atoms with Crippen molar-refractivity contribution in [2.75, 3.05) is 26.2 Å². The molecule has 0 aromatic carbocycles. The lowest BCUT2D eigenvalue weighted by molar-refractivity contribution is -0.0625. The molecule has 5 aliphatic rings. The second kappa shape index (κ2) is 5.85. The largest absolute Gasteiger partial charge is 0.315 e. The number of rotatable bonds is 5. The van der Waals surface area contributed by atoms with Crippen LogP contribution in [0.3, 0.4) is 0 Å². The van der Waals surface area contributed by atoms with Crippen LogP contribution in [0.2, 0.25) is 0 Å². The van der Waals surface area contributed by atoms with Crippen LogP contribution in [0.1, 0.15) is 64.7 Å². The molecule has 0 spiro atoms. The van der Waals surface area contributed by atoms with E-state index in [1.165, 1.54) is 45.4 Å². The first kappa shape index (κ1) is 14.5. The van der Waals surface area contributed by atoms with Gasteiger partial charge in [0.1, 0.15) is 0 Å². The van der Waals surface area contributed by atoms with E-state index in [-0.39, 0.29) is 0 Å². The van der Waals surface area contributed by atoms with Gasteiger partial charge >= 0.3 is 0 Å². The molecule has 120 valence electrons. The second-order valence-corrected chi connectivity index (χ2v) is 8.80. The first-order valence-electron chi connectivity index (χ1n) is 9.71. The standard InChI is InChI=1S/C19H34N2/c1-2-21(18-4-3-6-20-14-18)7-5-19-11-15-8-16(12-19)10-17(9-15)13-19/h15-18,20H,2-14H2,1H3. The molecule has 1 heterocycles. The first-order chi connectivity index (χ1) is 10.3. The van der Waals surface area contributed by atoms with Gasteiger partial charge in [0.15, 0.2) is 0 Å². The van der Waals surface area contributed by atoms with Crippen LogP contribution in [-0.4, -0.2) is 37.1 Å². The minimum absolute atomic E-state index is 0.768. The lowest BCUT2D eigenvalue weighted by Gasteiger charge is -2.57. The first-order valence-corrected chi connectivity index (χ1v) is 9.71. The van der Waals surface area contributed by atoms with Gasteiger partial charge in [-0.2, -0.15) is 0 Å². The van der Waals surface area contributed by atoms with Crippen molar-refractivity contribution >= 4 is 0 Å². The summed E-state index contributed by atoms with van der Waals surface area (Å²) in [5.74, 6) is 3.34. The summed E-state index contributed by atoms with van der Waals surface area (Å²) in [6.45, 7) is 7.46. The SMILES string of the molecule is CCN(CCC12CC3CC(CC(C3)C1)C2)C1CCCNC1. The zero-order valence-electron chi connectivity index (χ0n) is 13.9. The molecular weight excluding hydrogens is 256 g/mol. The van der Waals surface area contributed by atoms with E-state index >= 15 is 0 Å². The van der Waals surface area contributed by atoms with Gasteiger partial charge in [0.2, 0.25) is 0 Å². The number of likely N-dealkylation sites (N-methyl/N-ethyl adjacent to an activating group) is 1. The van der Waals surface area contributed by atoms with Crippen LogP contribution in [0.4, 0.5) is 0 Å². The Bertz CT molecular complexity index is 323. The summed E-state index contributed by atoms with van der Waals surface area (Å²) < 4.78 is 0. The zero-order valence-corrected chi connectivity index (χ0v) is 13.9. The van der Waals surface area contributed by atoms with Crippen LogP contribution in [0.5, 0.6) is 0 Å². The molecule has 21 heavy (non-hydrogen) atoms. The number of hydrogen-bond acceptors (Lipinski definition) is 2. The van der Waals surface area contributed by atoms with Crippen LogP contribution in [0.15, 0.2) is 0 Å². The lowest BCUT2D eigenvalue weighted by Crippen LogP contribution is -2.50. The van der Waals surface area contributed by atoms with Gasteiger partial charge in [0.05, 0.1) is 0 Å². The third-order valence-corrected chi connectivity index (χ3v) is 7.29. The average molecular weight is 290 g/mol. The molecule has 1 saturated heterocycles. The van der Waals surface area contributed by atoms with Gasteiger partial charge < -0.3 is 5.32 Å². The molecule has 1 unspecified atom stereocenters. The number of nitrogens with zero attached hydrogens (tertiary/aromatic N) is 1. The average Bonchev–Trinajstić information content (AvgIpc) is 2.47. The number of nitrogens with one attached hydrogen (secondary N) is 1. The van der Waals surface area contributed by atoms with E-state index in [0.29, 0.717) is 0 Å². The van der Waals surface area contributed by atoms with Crippen molar-refractivity contribution in [1.82, 2.24) is 10.2 Å². The van der Waals surface area contributed by atoms with Gasteiger partial charge in [-0.3, -0.25) is 4.90 Å². The monoisotopic (exact) mass is 290 g/mol. The van der Waals surface area contributed by atoms with E-state index in [1.807, 2.05) is 0 Å². The fourth-order valence-electron chi connectivity index (χ4n) is 6.72. The fourth-order valence-corrected chi connectivity index (χ4v) is 6.72. The molecule has 2 nitrogen and oxygen atoms in total. The van der Waals surface area contributed by atoms with Crippen LogP contribution < -0.4 is 5.32 Å². The summed E-state index contributed by atoms with van der Waals surface area (Å²) >= 11 is 0. The Balaban J connectivity index is 1.37. The van der Waals surface area contributed by atoms with Gasteiger partial charge in [-0.25, -0.2) is 0 Å². The molecule has 2 heteroatoms. The van der Waals surface area contributed by atoms with Crippen molar-refractivity contribution in [2.45, 2.75) is 70.8 Å². The van der Waals surface area contributed by atoms with Gasteiger partial charge in [0.25, 0.3) is 0 Å². The molecule has 5 fully saturated rings.